The third-order valence-electron chi connectivity index (χ3n) is 4.88. The number of nitrogens with zero attached hydrogens (tertiary/aromatic N) is 1. The maximum atomic E-state index is 6.15. The summed E-state index contributed by atoms with van der Waals surface area (Å²) in [4.78, 5) is 2.68. The fourth-order valence-corrected chi connectivity index (χ4v) is 4.01. The highest BCUT2D eigenvalue weighted by Crippen LogP contribution is 2.39. The van der Waals surface area contributed by atoms with Gasteiger partial charge in [-0.3, -0.25) is 4.90 Å². The van der Waals surface area contributed by atoms with Gasteiger partial charge in [-0.15, -0.1) is 0 Å². The van der Waals surface area contributed by atoms with Gasteiger partial charge in [0.1, 0.15) is 0 Å². The summed E-state index contributed by atoms with van der Waals surface area (Å²) in [6, 6.07) is 0.684. The van der Waals surface area contributed by atoms with E-state index >= 15 is 0 Å². The first-order chi connectivity index (χ1) is 8.11. The SMILES string of the molecule is COC1CCCC(CN)(N2CC(C)CC2C)C1. The first-order valence-corrected chi connectivity index (χ1v) is 7.11. The van der Waals surface area contributed by atoms with Crippen LogP contribution in [0.1, 0.15) is 46.0 Å². The average molecular weight is 240 g/mol. The van der Waals surface area contributed by atoms with Crippen LogP contribution in [0.15, 0.2) is 0 Å². The Balaban J connectivity index is 2.13. The van der Waals surface area contributed by atoms with E-state index in [1.54, 1.807) is 0 Å². The number of likely N-dealkylation sites (tertiary alicyclic amines) is 1. The Kier molecular flexibility index (Phi) is 4.11. The minimum absolute atomic E-state index is 0.211. The molecular formula is C14H28N2O. The van der Waals surface area contributed by atoms with Gasteiger partial charge in [0.05, 0.1) is 6.10 Å². The summed E-state index contributed by atoms with van der Waals surface area (Å²) < 4.78 is 5.59. The molecule has 1 heterocycles. The lowest BCUT2D eigenvalue weighted by Gasteiger charge is -2.48. The van der Waals surface area contributed by atoms with Crippen LogP contribution in [0.5, 0.6) is 0 Å². The molecule has 1 aliphatic heterocycles. The predicted octanol–water partition coefficient (Wildman–Crippen LogP) is 2.00. The van der Waals surface area contributed by atoms with E-state index in [1.165, 1.54) is 32.2 Å². The van der Waals surface area contributed by atoms with E-state index in [0.29, 0.717) is 12.1 Å². The Morgan fingerprint density at radius 3 is 2.71 bits per heavy atom. The van der Waals surface area contributed by atoms with Gasteiger partial charge < -0.3 is 10.5 Å². The van der Waals surface area contributed by atoms with Crippen LogP contribution in [0, 0.1) is 5.92 Å². The summed E-state index contributed by atoms with van der Waals surface area (Å²) in [7, 11) is 1.84. The summed E-state index contributed by atoms with van der Waals surface area (Å²) in [6.07, 6.45) is 6.57. The lowest BCUT2D eigenvalue weighted by atomic mass is 9.78. The molecular weight excluding hydrogens is 212 g/mol. The van der Waals surface area contributed by atoms with Gasteiger partial charge in [0.15, 0.2) is 0 Å². The molecule has 17 heavy (non-hydrogen) atoms. The van der Waals surface area contributed by atoms with Crippen LogP contribution in [-0.2, 0) is 4.74 Å². The maximum Gasteiger partial charge on any atom is 0.0589 e. The molecule has 1 saturated heterocycles. The van der Waals surface area contributed by atoms with Crippen molar-refractivity contribution in [3.8, 4) is 0 Å². The Morgan fingerprint density at radius 1 is 1.41 bits per heavy atom. The van der Waals surface area contributed by atoms with E-state index in [-0.39, 0.29) is 5.54 Å². The van der Waals surface area contributed by atoms with Crippen LogP contribution in [0.4, 0.5) is 0 Å². The van der Waals surface area contributed by atoms with Gasteiger partial charge in [0.25, 0.3) is 0 Å². The summed E-state index contributed by atoms with van der Waals surface area (Å²) in [5.41, 5.74) is 6.36. The van der Waals surface area contributed by atoms with Crippen LogP contribution in [0.25, 0.3) is 0 Å². The molecule has 2 N–H and O–H groups in total. The van der Waals surface area contributed by atoms with Crippen molar-refractivity contribution in [1.29, 1.82) is 0 Å². The number of nitrogens with two attached hydrogens (primary N) is 1. The third kappa shape index (κ3) is 2.51. The van der Waals surface area contributed by atoms with Crippen LogP contribution in [-0.4, -0.2) is 42.8 Å². The van der Waals surface area contributed by atoms with Gasteiger partial charge >= 0.3 is 0 Å². The topological polar surface area (TPSA) is 38.5 Å². The molecule has 2 fully saturated rings. The Bertz CT molecular complexity index is 259. The number of rotatable bonds is 3. The van der Waals surface area contributed by atoms with E-state index in [2.05, 4.69) is 18.7 Å². The van der Waals surface area contributed by atoms with E-state index in [1.807, 2.05) is 7.11 Å². The molecule has 0 bridgehead atoms. The predicted molar refractivity (Wildman–Crippen MR) is 71.0 cm³/mol. The van der Waals surface area contributed by atoms with Gasteiger partial charge in [0.2, 0.25) is 0 Å². The highest BCUT2D eigenvalue weighted by Gasteiger charge is 2.45. The summed E-state index contributed by atoms with van der Waals surface area (Å²) in [5, 5.41) is 0. The van der Waals surface area contributed by atoms with Crippen molar-refractivity contribution in [3.63, 3.8) is 0 Å². The van der Waals surface area contributed by atoms with E-state index in [0.717, 1.165) is 18.9 Å². The fourth-order valence-electron chi connectivity index (χ4n) is 4.01. The molecule has 2 rings (SSSR count). The summed E-state index contributed by atoms with van der Waals surface area (Å²) in [6.45, 7) is 6.72. The lowest BCUT2D eigenvalue weighted by molar-refractivity contribution is -0.0258. The second-order valence-corrected chi connectivity index (χ2v) is 6.22. The van der Waals surface area contributed by atoms with E-state index in [4.69, 9.17) is 10.5 Å². The minimum Gasteiger partial charge on any atom is -0.381 e. The number of hydrogen-bond donors (Lipinski definition) is 1. The van der Waals surface area contributed by atoms with E-state index in [9.17, 15) is 0 Å². The van der Waals surface area contributed by atoms with E-state index < -0.39 is 0 Å². The Labute approximate surface area is 106 Å². The van der Waals surface area contributed by atoms with Gasteiger partial charge in [-0.25, -0.2) is 0 Å². The zero-order valence-corrected chi connectivity index (χ0v) is 11.6. The molecule has 0 aromatic rings. The molecule has 4 atom stereocenters. The Morgan fingerprint density at radius 2 is 2.18 bits per heavy atom. The molecule has 100 valence electrons. The normalized spacial score (nSPS) is 44.1. The van der Waals surface area contributed by atoms with Crippen LogP contribution in [0.3, 0.4) is 0 Å². The minimum atomic E-state index is 0.211. The second-order valence-electron chi connectivity index (χ2n) is 6.22. The zero-order chi connectivity index (χ0) is 12.5. The number of ether oxygens (including phenoxy) is 1. The maximum absolute atomic E-state index is 6.15. The van der Waals surface area contributed by atoms with Crippen molar-refractivity contribution in [2.75, 3.05) is 20.2 Å². The molecule has 2 aliphatic rings. The van der Waals surface area contributed by atoms with Crippen molar-refractivity contribution in [2.24, 2.45) is 11.7 Å². The second kappa shape index (κ2) is 5.25. The molecule has 3 heteroatoms. The Hall–Kier alpha value is -0.120. The smallest absolute Gasteiger partial charge is 0.0589 e. The van der Waals surface area contributed by atoms with Gasteiger partial charge in [-0.1, -0.05) is 6.92 Å². The average Bonchev–Trinajstić information content (AvgIpc) is 2.69. The molecule has 0 amide bonds. The number of methoxy groups -OCH3 is 1. The first-order valence-electron chi connectivity index (χ1n) is 7.11. The quantitative estimate of drug-likeness (QED) is 0.820. The van der Waals surface area contributed by atoms with Crippen molar-refractivity contribution >= 4 is 0 Å². The molecule has 1 saturated carbocycles. The van der Waals surface area contributed by atoms with Crippen LogP contribution >= 0.6 is 0 Å². The monoisotopic (exact) mass is 240 g/mol. The van der Waals surface area contributed by atoms with Gasteiger partial charge in [-0.05, 0) is 44.9 Å². The molecule has 4 unspecified atom stereocenters. The fraction of sp³-hybridized carbons (Fsp3) is 1.00. The van der Waals surface area contributed by atoms with Crippen molar-refractivity contribution < 1.29 is 4.74 Å². The number of hydrogen-bond acceptors (Lipinski definition) is 3. The van der Waals surface area contributed by atoms with Crippen molar-refractivity contribution in [3.05, 3.63) is 0 Å². The van der Waals surface area contributed by atoms with Gasteiger partial charge in [0, 0.05) is 31.8 Å². The molecule has 0 radical (unpaired) electrons. The van der Waals surface area contributed by atoms with Crippen molar-refractivity contribution in [2.45, 2.75) is 63.6 Å². The molecule has 0 aromatic carbocycles. The highest BCUT2D eigenvalue weighted by molar-refractivity contribution is 5.01. The molecule has 3 nitrogen and oxygen atoms in total. The summed E-state index contributed by atoms with van der Waals surface area (Å²) >= 11 is 0. The molecule has 1 aliphatic carbocycles. The largest absolute Gasteiger partial charge is 0.381 e. The first kappa shape index (κ1) is 13.3. The van der Waals surface area contributed by atoms with Crippen molar-refractivity contribution in [1.82, 2.24) is 4.90 Å². The standard InChI is InChI=1S/C14H28N2O/c1-11-7-12(2)16(9-11)14(10-15)6-4-5-13(8-14)17-3/h11-13H,4-10,15H2,1-3H3. The summed E-state index contributed by atoms with van der Waals surface area (Å²) in [5.74, 6) is 0.816. The van der Waals surface area contributed by atoms with Crippen LogP contribution < -0.4 is 5.73 Å². The van der Waals surface area contributed by atoms with Gasteiger partial charge in [-0.2, -0.15) is 0 Å². The third-order valence-corrected chi connectivity index (χ3v) is 4.88. The zero-order valence-electron chi connectivity index (χ0n) is 11.6. The molecule has 0 aromatic heterocycles. The molecule has 0 spiro atoms. The highest BCUT2D eigenvalue weighted by atomic mass is 16.5. The van der Waals surface area contributed by atoms with Crippen LogP contribution in [0.2, 0.25) is 0 Å². The lowest BCUT2D eigenvalue weighted by Crippen LogP contribution is -2.58.